The van der Waals surface area contributed by atoms with E-state index in [-0.39, 0.29) is 25.6 Å². The number of nitrogens with zero attached hydrogens (tertiary/aromatic N) is 1. The van der Waals surface area contributed by atoms with Crippen LogP contribution in [0.3, 0.4) is 0 Å². The summed E-state index contributed by atoms with van der Waals surface area (Å²) in [6.45, 7) is 0.524. The lowest BCUT2D eigenvalue weighted by Gasteiger charge is -2.39. The molecule has 1 rings (SSSR count). The largest absolute Gasteiger partial charge is 0.471 e. The average Bonchev–Trinajstić information content (AvgIpc) is 2.18. The first kappa shape index (κ1) is 13.8. The molecule has 1 fully saturated rings. The number of likely N-dealkylation sites (tertiary alicyclic amines) is 1. The number of nitrogens with one attached hydrogen (secondary N) is 1. The highest BCUT2D eigenvalue weighted by Gasteiger charge is 2.46. The molecule has 0 aromatic carbocycles. The summed E-state index contributed by atoms with van der Waals surface area (Å²) < 4.78 is 40.3. The second-order valence-corrected chi connectivity index (χ2v) is 3.78. The van der Waals surface area contributed by atoms with Crippen LogP contribution in [0.15, 0.2) is 0 Å². The Hall–Kier alpha value is -1.31. The van der Waals surface area contributed by atoms with Crippen LogP contribution in [0.5, 0.6) is 0 Å². The van der Waals surface area contributed by atoms with Gasteiger partial charge < -0.3 is 15.0 Å². The summed E-state index contributed by atoms with van der Waals surface area (Å²) in [7, 11) is 1.25. The Labute approximate surface area is 95.9 Å². The highest BCUT2D eigenvalue weighted by atomic mass is 19.4. The third-order valence-electron chi connectivity index (χ3n) is 2.42. The fourth-order valence-electron chi connectivity index (χ4n) is 1.49. The van der Waals surface area contributed by atoms with Crippen molar-refractivity contribution in [3.8, 4) is 0 Å². The minimum absolute atomic E-state index is 0.0141. The van der Waals surface area contributed by atoms with Gasteiger partial charge in [0.25, 0.3) is 0 Å². The van der Waals surface area contributed by atoms with Crippen LogP contribution < -0.4 is 5.32 Å². The van der Waals surface area contributed by atoms with Crippen LogP contribution in [0.2, 0.25) is 0 Å². The van der Waals surface area contributed by atoms with E-state index in [1.165, 1.54) is 7.11 Å². The van der Waals surface area contributed by atoms with Crippen LogP contribution in [0.25, 0.3) is 0 Å². The third kappa shape index (κ3) is 3.88. The maximum absolute atomic E-state index is 12.0. The molecule has 1 saturated heterocycles. The molecule has 0 aromatic rings. The van der Waals surface area contributed by atoms with E-state index in [1.54, 1.807) is 0 Å². The van der Waals surface area contributed by atoms with Crippen molar-refractivity contribution in [3.05, 3.63) is 0 Å². The van der Waals surface area contributed by atoms with Crippen LogP contribution in [0, 0.1) is 5.92 Å². The van der Waals surface area contributed by atoms with Gasteiger partial charge in [0.05, 0.1) is 13.7 Å². The van der Waals surface area contributed by atoms with Gasteiger partial charge in [0.2, 0.25) is 0 Å². The third-order valence-corrected chi connectivity index (χ3v) is 2.42. The number of ether oxygens (including phenoxy) is 1. The molecule has 0 spiro atoms. The first-order valence-electron chi connectivity index (χ1n) is 4.98. The summed E-state index contributed by atoms with van der Waals surface area (Å²) in [4.78, 5) is 22.2. The summed E-state index contributed by atoms with van der Waals surface area (Å²) in [6.07, 6.45) is -4.80. The summed E-state index contributed by atoms with van der Waals surface area (Å²) in [6, 6.07) is 0. The maximum Gasteiger partial charge on any atom is 0.471 e. The van der Waals surface area contributed by atoms with Gasteiger partial charge in [0.15, 0.2) is 0 Å². The van der Waals surface area contributed by atoms with Crippen LogP contribution in [-0.2, 0) is 14.3 Å². The molecule has 0 saturated carbocycles. The monoisotopic (exact) mass is 254 g/mol. The molecule has 1 N–H and O–H groups in total. The molecule has 0 aromatic heterocycles. The second kappa shape index (κ2) is 5.35. The van der Waals surface area contributed by atoms with Crippen molar-refractivity contribution in [2.75, 3.05) is 33.3 Å². The summed E-state index contributed by atoms with van der Waals surface area (Å²) >= 11 is 0. The molecule has 0 aliphatic carbocycles. The van der Waals surface area contributed by atoms with E-state index < -0.39 is 18.1 Å². The van der Waals surface area contributed by atoms with Crippen molar-refractivity contribution in [1.29, 1.82) is 0 Å². The molecule has 5 nitrogen and oxygen atoms in total. The van der Waals surface area contributed by atoms with E-state index >= 15 is 0 Å². The van der Waals surface area contributed by atoms with E-state index in [0.717, 1.165) is 4.90 Å². The number of hydrogen-bond donors (Lipinski definition) is 1. The number of halogens is 3. The topological polar surface area (TPSA) is 58.6 Å². The molecule has 1 aliphatic heterocycles. The fourth-order valence-corrected chi connectivity index (χ4v) is 1.49. The summed E-state index contributed by atoms with van der Waals surface area (Å²) in [5.41, 5.74) is 0. The highest BCUT2D eigenvalue weighted by Crippen LogP contribution is 2.24. The van der Waals surface area contributed by atoms with Gasteiger partial charge in [0, 0.05) is 25.6 Å². The first-order valence-corrected chi connectivity index (χ1v) is 4.98. The number of carbonyl (C=O) groups is 2. The van der Waals surface area contributed by atoms with Gasteiger partial charge in [-0.15, -0.1) is 0 Å². The van der Waals surface area contributed by atoms with Crippen molar-refractivity contribution in [2.45, 2.75) is 6.18 Å². The Balaban J connectivity index is 2.16. The fraction of sp³-hybridized carbons (Fsp3) is 0.778. The van der Waals surface area contributed by atoms with Crippen molar-refractivity contribution in [1.82, 2.24) is 10.2 Å². The van der Waals surface area contributed by atoms with Crippen LogP contribution in [0.1, 0.15) is 0 Å². The molecule has 0 atom stereocenters. The van der Waals surface area contributed by atoms with E-state index in [2.05, 4.69) is 10.1 Å². The number of methoxy groups -OCH3 is 1. The number of rotatable bonds is 4. The summed E-state index contributed by atoms with van der Waals surface area (Å²) in [5, 5.41) is 2.74. The van der Waals surface area contributed by atoms with Crippen molar-refractivity contribution in [3.63, 3.8) is 0 Å². The van der Waals surface area contributed by atoms with E-state index in [9.17, 15) is 22.8 Å². The predicted octanol–water partition coefficient (Wildman–Crippen LogP) is -0.230. The smallest absolute Gasteiger partial charge is 0.468 e. The number of carbonyl (C=O) groups excluding carboxylic acids is 2. The second-order valence-electron chi connectivity index (χ2n) is 3.78. The molecule has 17 heavy (non-hydrogen) atoms. The molecule has 1 heterocycles. The molecular weight excluding hydrogens is 241 g/mol. The van der Waals surface area contributed by atoms with Crippen LogP contribution in [0.4, 0.5) is 13.2 Å². The Morgan fingerprint density at radius 1 is 1.41 bits per heavy atom. The Bertz CT molecular complexity index is 300. The Morgan fingerprint density at radius 2 is 2.00 bits per heavy atom. The molecule has 0 bridgehead atoms. The van der Waals surface area contributed by atoms with Crippen LogP contribution in [-0.4, -0.2) is 56.2 Å². The molecule has 0 unspecified atom stereocenters. The Morgan fingerprint density at radius 3 is 2.47 bits per heavy atom. The lowest BCUT2D eigenvalue weighted by Crippen LogP contribution is -2.57. The zero-order valence-corrected chi connectivity index (χ0v) is 9.21. The lowest BCUT2D eigenvalue weighted by atomic mass is 10.00. The molecule has 0 radical (unpaired) electrons. The molecule has 8 heteroatoms. The van der Waals surface area contributed by atoms with Gasteiger partial charge >= 0.3 is 18.1 Å². The molecule has 1 amide bonds. The van der Waals surface area contributed by atoms with Gasteiger partial charge in [-0.05, 0) is 0 Å². The number of alkyl halides is 3. The molecular formula is C9H13F3N2O3. The van der Waals surface area contributed by atoms with E-state index in [4.69, 9.17) is 0 Å². The zero-order valence-electron chi connectivity index (χ0n) is 9.21. The van der Waals surface area contributed by atoms with Gasteiger partial charge in [-0.3, -0.25) is 9.59 Å². The Kier molecular flexibility index (Phi) is 4.33. The minimum atomic E-state index is -4.80. The first-order chi connectivity index (χ1) is 7.84. The van der Waals surface area contributed by atoms with Gasteiger partial charge in [0.1, 0.15) is 0 Å². The van der Waals surface area contributed by atoms with Gasteiger partial charge in [-0.1, -0.05) is 0 Å². The maximum atomic E-state index is 12.0. The standard InChI is InChI=1S/C9H13F3N2O3/c1-17-7(15)3-13-2-6-4-14(5-6)8(16)9(10,11)12/h6,13H,2-5H2,1H3. The predicted molar refractivity (Wildman–Crippen MR) is 51.0 cm³/mol. The van der Waals surface area contributed by atoms with Crippen molar-refractivity contribution < 1.29 is 27.5 Å². The van der Waals surface area contributed by atoms with E-state index in [1.807, 2.05) is 0 Å². The zero-order chi connectivity index (χ0) is 13.1. The lowest BCUT2D eigenvalue weighted by molar-refractivity contribution is -0.191. The van der Waals surface area contributed by atoms with Gasteiger partial charge in [-0.2, -0.15) is 13.2 Å². The highest BCUT2D eigenvalue weighted by molar-refractivity contribution is 5.82. The molecule has 98 valence electrons. The van der Waals surface area contributed by atoms with Crippen molar-refractivity contribution in [2.24, 2.45) is 5.92 Å². The van der Waals surface area contributed by atoms with Crippen molar-refractivity contribution >= 4 is 11.9 Å². The van der Waals surface area contributed by atoms with Gasteiger partial charge in [-0.25, -0.2) is 0 Å². The summed E-state index contributed by atoms with van der Waals surface area (Å²) in [5.74, 6) is -2.29. The number of amides is 1. The number of esters is 1. The quantitative estimate of drug-likeness (QED) is 0.704. The average molecular weight is 254 g/mol. The number of hydrogen-bond acceptors (Lipinski definition) is 4. The molecule has 1 aliphatic rings. The normalized spacial score (nSPS) is 16.6. The minimum Gasteiger partial charge on any atom is -0.468 e. The SMILES string of the molecule is COC(=O)CNCC1CN(C(=O)C(F)(F)F)C1. The van der Waals surface area contributed by atoms with Crippen LogP contribution >= 0.6 is 0 Å². The van der Waals surface area contributed by atoms with E-state index in [0.29, 0.717) is 6.54 Å².